The zero-order chi connectivity index (χ0) is 12.4. The highest BCUT2D eigenvalue weighted by atomic mass is 16.5. The van der Waals surface area contributed by atoms with Gasteiger partial charge >= 0.3 is 12.0 Å². The van der Waals surface area contributed by atoms with Crippen LogP contribution in [0.2, 0.25) is 0 Å². The van der Waals surface area contributed by atoms with Crippen molar-refractivity contribution >= 4 is 12.0 Å². The number of ether oxygens (including phenoxy) is 2. The summed E-state index contributed by atoms with van der Waals surface area (Å²) < 4.78 is 9.55. The van der Waals surface area contributed by atoms with Gasteiger partial charge in [-0.25, -0.2) is 4.79 Å². The number of rotatable bonds is 7. The van der Waals surface area contributed by atoms with E-state index < -0.39 is 5.97 Å². The summed E-state index contributed by atoms with van der Waals surface area (Å²) in [6.07, 6.45) is 0.764. The molecule has 0 unspecified atom stereocenters. The number of hydrogen-bond donors (Lipinski definition) is 1. The van der Waals surface area contributed by atoms with Crippen LogP contribution in [-0.2, 0) is 14.3 Å². The molecule has 2 amide bonds. The third kappa shape index (κ3) is 7.05. The highest BCUT2D eigenvalue weighted by Crippen LogP contribution is 1.89. The summed E-state index contributed by atoms with van der Waals surface area (Å²) in [5, 5.41) is 2.47. The summed E-state index contributed by atoms with van der Waals surface area (Å²) in [4.78, 5) is 23.9. The van der Waals surface area contributed by atoms with Crippen LogP contribution in [0.3, 0.4) is 0 Å². The molecule has 0 rings (SSSR count). The summed E-state index contributed by atoms with van der Waals surface area (Å²) in [6.45, 7) is 3.13. The molecule has 1 N–H and O–H groups in total. The Labute approximate surface area is 95.9 Å². The monoisotopic (exact) mass is 232 g/mol. The molecular weight excluding hydrogens is 212 g/mol. The maximum Gasteiger partial charge on any atom is 0.325 e. The number of urea groups is 1. The van der Waals surface area contributed by atoms with Crippen molar-refractivity contribution in [3.8, 4) is 0 Å². The van der Waals surface area contributed by atoms with Gasteiger partial charge in [-0.3, -0.25) is 4.79 Å². The largest absolute Gasteiger partial charge is 0.465 e. The van der Waals surface area contributed by atoms with Crippen LogP contribution in [0.1, 0.15) is 13.3 Å². The Morgan fingerprint density at radius 3 is 2.62 bits per heavy atom. The Bertz CT molecular complexity index is 221. The van der Waals surface area contributed by atoms with E-state index >= 15 is 0 Å². The summed E-state index contributed by atoms with van der Waals surface area (Å²) >= 11 is 0. The smallest absolute Gasteiger partial charge is 0.325 e. The van der Waals surface area contributed by atoms with Gasteiger partial charge in [-0.1, -0.05) is 0 Å². The van der Waals surface area contributed by atoms with Crippen molar-refractivity contribution in [1.82, 2.24) is 10.2 Å². The number of hydrogen-bond acceptors (Lipinski definition) is 4. The molecule has 0 aromatic heterocycles. The van der Waals surface area contributed by atoms with Crippen LogP contribution < -0.4 is 5.32 Å². The molecule has 16 heavy (non-hydrogen) atoms. The fourth-order valence-corrected chi connectivity index (χ4v) is 1.04. The minimum Gasteiger partial charge on any atom is -0.465 e. The van der Waals surface area contributed by atoms with Crippen LogP contribution in [0, 0.1) is 0 Å². The van der Waals surface area contributed by atoms with E-state index in [0.29, 0.717) is 19.8 Å². The number of methoxy groups -OCH3 is 1. The van der Waals surface area contributed by atoms with E-state index in [4.69, 9.17) is 4.74 Å². The van der Waals surface area contributed by atoms with E-state index in [1.165, 1.54) is 4.90 Å². The molecule has 0 aliphatic heterocycles. The van der Waals surface area contributed by atoms with Crippen molar-refractivity contribution in [2.75, 3.05) is 40.5 Å². The second-order valence-corrected chi connectivity index (χ2v) is 3.23. The van der Waals surface area contributed by atoms with Gasteiger partial charge in [0.25, 0.3) is 0 Å². The lowest BCUT2D eigenvalue weighted by atomic mass is 10.4. The molecule has 0 spiro atoms. The van der Waals surface area contributed by atoms with Crippen LogP contribution >= 0.6 is 0 Å². The SMILES string of the molecule is CCOC(=O)CNC(=O)N(C)CCCOC. The minimum absolute atomic E-state index is 0.0959. The lowest BCUT2D eigenvalue weighted by Gasteiger charge is -2.17. The average molecular weight is 232 g/mol. The van der Waals surface area contributed by atoms with Gasteiger partial charge in [0, 0.05) is 27.3 Å². The van der Waals surface area contributed by atoms with Crippen molar-refractivity contribution < 1.29 is 19.1 Å². The molecule has 0 atom stereocenters. The third-order valence-electron chi connectivity index (χ3n) is 1.88. The first-order chi connectivity index (χ1) is 7.61. The van der Waals surface area contributed by atoms with Gasteiger partial charge < -0.3 is 19.7 Å². The van der Waals surface area contributed by atoms with Gasteiger partial charge in [0.05, 0.1) is 6.61 Å². The van der Waals surface area contributed by atoms with Crippen LogP contribution in [-0.4, -0.2) is 57.4 Å². The average Bonchev–Trinajstić information content (AvgIpc) is 2.26. The van der Waals surface area contributed by atoms with Gasteiger partial charge in [-0.2, -0.15) is 0 Å². The Kier molecular flexibility index (Phi) is 8.24. The van der Waals surface area contributed by atoms with Crippen molar-refractivity contribution in [1.29, 1.82) is 0 Å². The molecule has 0 saturated carbocycles. The Morgan fingerprint density at radius 2 is 2.06 bits per heavy atom. The molecule has 0 radical (unpaired) electrons. The van der Waals surface area contributed by atoms with E-state index in [9.17, 15) is 9.59 Å². The topological polar surface area (TPSA) is 67.9 Å². The molecule has 6 heteroatoms. The molecule has 0 aromatic carbocycles. The van der Waals surface area contributed by atoms with Gasteiger partial charge in [-0.05, 0) is 13.3 Å². The van der Waals surface area contributed by atoms with E-state index in [1.807, 2.05) is 0 Å². The van der Waals surface area contributed by atoms with Gasteiger partial charge in [0.2, 0.25) is 0 Å². The third-order valence-corrected chi connectivity index (χ3v) is 1.88. The van der Waals surface area contributed by atoms with Crippen molar-refractivity contribution in [2.24, 2.45) is 0 Å². The van der Waals surface area contributed by atoms with E-state index in [2.05, 4.69) is 10.1 Å². The summed E-state index contributed by atoms with van der Waals surface area (Å²) in [5.74, 6) is -0.429. The molecule has 0 aromatic rings. The zero-order valence-electron chi connectivity index (χ0n) is 10.1. The molecular formula is C10H20N2O4. The number of carbonyl (C=O) groups is 2. The summed E-state index contributed by atoms with van der Waals surface area (Å²) in [6, 6.07) is -0.288. The predicted molar refractivity (Wildman–Crippen MR) is 59.2 cm³/mol. The Morgan fingerprint density at radius 1 is 1.38 bits per heavy atom. The summed E-state index contributed by atoms with van der Waals surface area (Å²) in [5.41, 5.74) is 0. The second kappa shape index (κ2) is 8.96. The highest BCUT2D eigenvalue weighted by Gasteiger charge is 2.09. The number of amides is 2. The van der Waals surface area contributed by atoms with Crippen LogP contribution in [0.4, 0.5) is 4.79 Å². The molecule has 0 bridgehead atoms. The van der Waals surface area contributed by atoms with Gasteiger partial charge in [0.15, 0.2) is 0 Å². The number of nitrogens with one attached hydrogen (secondary N) is 1. The number of carbonyl (C=O) groups excluding carboxylic acids is 2. The molecule has 0 aliphatic carbocycles. The predicted octanol–water partition coefficient (Wildman–Crippen LogP) is 0.227. The quantitative estimate of drug-likeness (QED) is 0.504. The first kappa shape index (κ1) is 14.7. The van der Waals surface area contributed by atoms with Gasteiger partial charge in [-0.15, -0.1) is 0 Å². The molecule has 94 valence electrons. The zero-order valence-corrected chi connectivity index (χ0v) is 10.1. The normalized spacial score (nSPS) is 9.69. The molecule has 0 aliphatic rings. The summed E-state index contributed by atoms with van der Waals surface area (Å²) in [7, 11) is 3.27. The maximum absolute atomic E-state index is 11.4. The van der Waals surface area contributed by atoms with Crippen molar-refractivity contribution in [3.05, 3.63) is 0 Å². The Hall–Kier alpha value is -1.30. The fraction of sp³-hybridized carbons (Fsp3) is 0.800. The van der Waals surface area contributed by atoms with Crippen LogP contribution in [0.5, 0.6) is 0 Å². The first-order valence-corrected chi connectivity index (χ1v) is 5.25. The lowest BCUT2D eigenvalue weighted by molar-refractivity contribution is -0.141. The Balaban J connectivity index is 3.66. The standard InChI is InChI=1S/C10H20N2O4/c1-4-16-9(13)8-11-10(14)12(2)6-5-7-15-3/h4-8H2,1-3H3,(H,11,14). The first-order valence-electron chi connectivity index (χ1n) is 5.25. The molecule has 0 saturated heterocycles. The van der Waals surface area contributed by atoms with Crippen molar-refractivity contribution in [3.63, 3.8) is 0 Å². The lowest BCUT2D eigenvalue weighted by Crippen LogP contribution is -2.40. The highest BCUT2D eigenvalue weighted by molar-refractivity contribution is 5.80. The maximum atomic E-state index is 11.4. The number of esters is 1. The van der Waals surface area contributed by atoms with E-state index in [-0.39, 0.29) is 12.6 Å². The van der Waals surface area contributed by atoms with Crippen molar-refractivity contribution in [2.45, 2.75) is 13.3 Å². The second-order valence-electron chi connectivity index (χ2n) is 3.23. The molecule has 0 heterocycles. The van der Waals surface area contributed by atoms with E-state index in [1.54, 1.807) is 21.1 Å². The number of nitrogens with zero attached hydrogens (tertiary/aromatic N) is 1. The van der Waals surface area contributed by atoms with Crippen LogP contribution in [0.25, 0.3) is 0 Å². The molecule has 0 fully saturated rings. The fourth-order valence-electron chi connectivity index (χ4n) is 1.04. The van der Waals surface area contributed by atoms with Crippen LogP contribution in [0.15, 0.2) is 0 Å². The molecule has 6 nitrogen and oxygen atoms in total. The van der Waals surface area contributed by atoms with E-state index in [0.717, 1.165) is 6.42 Å². The minimum atomic E-state index is -0.429. The van der Waals surface area contributed by atoms with Gasteiger partial charge in [0.1, 0.15) is 6.54 Å².